The summed E-state index contributed by atoms with van der Waals surface area (Å²) < 4.78 is 18.2. The Kier molecular flexibility index (Phi) is 6.69. The van der Waals surface area contributed by atoms with Gasteiger partial charge in [-0.3, -0.25) is 4.79 Å². The van der Waals surface area contributed by atoms with Gasteiger partial charge in [0.05, 0.1) is 7.11 Å². The molecule has 3 amide bonds. The van der Waals surface area contributed by atoms with Crippen LogP contribution >= 0.6 is 0 Å². The summed E-state index contributed by atoms with van der Waals surface area (Å²) in [5, 5.41) is 5.80. The lowest BCUT2D eigenvalue weighted by molar-refractivity contribution is -0.126. The number of likely N-dealkylation sites (tertiary alicyclic amines) is 1. The number of aryl methyl sites for hydroxylation is 1. The van der Waals surface area contributed by atoms with E-state index in [1.807, 2.05) is 19.1 Å². The molecular formula is C22H26FN3O3. The van der Waals surface area contributed by atoms with E-state index in [0.717, 1.165) is 16.9 Å². The number of hydrogen-bond donors (Lipinski definition) is 2. The molecule has 29 heavy (non-hydrogen) atoms. The molecule has 0 radical (unpaired) electrons. The van der Waals surface area contributed by atoms with E-state index >= 15 is 0 Å². The summed E-state index contributed by atoms with van der Waals surface area (Å²) in [5.74, 6) is 0.328. The standard InChI is InChI=1S/C22H26FN3O3/c1-15-13-19(7-8-20(15)29-2)25-22(28)26-11-9-17(10-12-26)21(27)24-14-16-3-5-18(23)6-4-16/h3-8,13,17H,9-12,14H2,1-2H3,(H,24,27)(H,25,28). The van der Waals surface area contributed by atoms with Crippen LogP contribution < -0.4 is 15.4 Å². The molecule has 1 heterocycles. The number of urea groups is 1. The third-order valence-electron chi connectivity index (χ3n) is 5.18. The van der Waals surface area contributed by atoms with Crippen LogP contribution in [0.3, 0.4) is 0 Å². The Morgan fingerprint density at radius 3 is 2.45 bits per heavy atom. The van der Waals surface area contributed by atoms with Crippen molar-refractivity contribution in [3.05, 3.63) is 59.4 Å². The van der Waals surface area contributed by atoms with Crippen LogP contribution in [0, 0.1) is 18.7 Å². The molecule has 0 atom stereocenters. The van der Waals surface area contributed by atoms with Gasteiger partial charge in [0.25, 0.3) is 0 Å². The number of piperidine rings is 1. The van der Waals surface area contributed by atoms with Gasteiger partial charge in [-0.2, -0.15) is 0 Å². The van der Waals surface area contributed by atoms with Crippen molar-refractivity contribution in [3.63, 3.8) is 0 Å². The third kappa shape index (κ3) is 5.47. The Morgan fingerprint density at radius 1 is 1.14 bits per heavy atom. The zero-order chi connectivity index (χ0) is 20.8. The van der Waals surface area contributed by atoms with E-state index in [1.165, 1.54) is 12.1 Å². The Hall–Kier alpha value is -3.09. The Labute approximate surface area is 170 Å². The predicted molar refractivity (Wildman–Crippen MR) is 109 cm³/mol. The quantitative estimate of drug-likeness (QED) is 0.805. The summed E-state index contributed by atoms with van der Waals surface area (Å²) in [6.45, 7) is 3.34. The van der Waals surface area contributed by atoms with Crippen molar-refractivity contribution < 1.29 is 18.7 Å². The van der Waals surface area contributed by atoms with Crippen molar-refractivity contribution in [1.29, 1.82) is 0 Å². The van der Waals surface area contributed by atoms with Gasteiger partial charge in [0.15, 0.2) is 0 Å². The second-order valence-electron chi connectivity index (χ2n) is 7.22. The molecule has 0 bridgehead atoms. The number of hydrogen-bond acceptors (Lipinski definition) is 3. The van der Waals surface area contributed by atoms with Gasteiger partial charge in [0.1, 0.15) is 11.6 Å². The highest BCUT2D eigenvalue weighted by molar-refractivity contribution is 5.90. The molecule has 1 aliphatic rings. The van der Waals surface area contributed by atoms with Crippen molar-refractivity contribution in [3.8, 4) is 5.75 Å². The van der Waals surface area contributed by atoms with E-state index in [0.29, 0.717) is 38.2 Å². The molecule has 0 saturated carbocycles. The summed E-state index contributed by atoms with van der Waals surface area (Å²) in [6, 6.07) is 11.4. The lowest BCUT2D eigenvalue weighted by Crippen LogP contribution is -2.44. The van der Waals surface area contributed by atoms with Gasteiger partial charge in [-0.25, -0.2) is 9.18 Å². The van der Waals surface area contributed by atoms with E-state index < -0.39 is 0 Å². The van der Waals surface area contributed by atoms with Crippen LogP contribution in [-0.4, -0.2) is 37.0 Å². The van der Waals surface area contributed by atoms with Gasteiger partial charge < -0.3 is 20.3 Å². The first-order valence-corrected chi connectivity index (χ1v) is 9.69. The number of nitrogens with zero attached hydrogens (tertiary/aromatic N) is 1. The second-order valence-corrected chi connectivity index (χ2v) is 7.22. The van der Waals surface area contributed by atoms with Gasteiger partial charge >= 0.3 is 6.03 Å². The third-order valence-corrected chi connectivity index (χ3v) is 5.18. The predicted octanol–water partition coefficient (Wildman–Crippen LogP) is 3.70. The van der Waals surface area contributed by atoms with Crippen LogP contribution in [0.4, 0.5) is 14.9 Å². The normalized spacial score (nSPS) is 14.4. The van der Waals surface area contributed by atoms with E-state index in [-0.39, 0.29) is 23.7 Å². The number of ether oxygens (including phenoxy) is 1. The van der Waals surface area contributed by atoms with Crippen LogP contribution in [0.25, 0.3) is 0 Å². The van der Waals surface area contributed by atoms with Gasteiger partial charge in [-0.05, 0) is 61.2 Å². The van der Waals surface area contributed by atoms with E-state index in [2.05, 4.69) is 10.6 Å². The molecule has 0 aliphatic carbocycles. The van der Waals surface area contributed by atoms with Crippen LogP contribution in [0.5, 0.6) is 5.75 Å². The molecule has 1 aliphatic heterocycles. The van der Waals surface area contributed by atoms with Crippen molar-refractivity contribution in [1.82, 2.24) is 10.2 Å². The maximum Gasteiger partial charge on any atom is 0.321 e. The number of benzene rings is 2. The van der Waals surface area contributed by atoms with Gasteiger partial charge in [-0.1, -0.05) is 12.1 Å². The Balaban J connectivity index is 1.45. The highest BCUT2D eigenvalue weighted by Gasteiger charge is 2.27. The SMILES string of the molecule is COc1ccc(NC(=O)N2CCC(C(=O)NCc3ccc(F)cc3)CC2)cc1C. The lowest BCUT2D eigenvalue weighted by Gasteiger charge is -2.31. The summed E-state index contributed by atoms with van der Waals surface area (Å²) in [5.41, 5.74) is 2.51. The highest BCUT2D eigenvalue weighted by Crippen LogP contribution is 2.23. The zero-order valence-electron chi connectivity index (χ0n) is 16.7. The molecule has 0 spiro atoms. The molecule has 3 rings (SSSR count). The molecule has 2 aromatic rings. The number of carbonyl (C=O) groups excluding carboxylic acids is 2. The fourth-order valence-corrected chi connectivity index (χ4v) is 3.44. The monoisotopic (exact) mass is 399 g/mol. The second kappa shape index (κ2) is 9.41. The minimum absolute atomic E-state index is 0.0276. The first-order valence-electron chi connectivity index (χ1n) is 9.69. The molecule has 0 aromatic heterocycles. The summed E-state index contributed by atoms with van der Waals surface area (Å²) in [6.07, 6.45) is 1.23. The molecule has 2 N–H and O–H groups in total. The van der Waals surface area contributed by atoms with Crippen molar-refractivity contribution in [2.24, 2.45) is 5.92 Å². The minimum Gasteiger partial charge on any atom is -0.496 e. The van der Waals surface area contributed by atoms with E-state index in [9.17, 15) is 14.0 Å². The lowest BCUT2D eigenvalue weighted by atomic mass is 9.96. The fraction of sp³-hybridized carbons (Fsp3) is 0.364. The number of halogens is 1. The van der Waals surface area contributed by atoms with Gasteiger partial charge in [-0.15, -0.1) is 0 Å². The van der Waals surface area contributed by atoms with Crippen LogP contribution in [-0.2, 0) is 11.3 Å². The average molecular weight is 399 g/mol. The van der Waals surface area contributed by atoms with Gasteiger partial charge in [0.2, 0.25) is 5.91 Å². The number of methoxy groups -OCH3 is 1. The van der Waals surface area contributed by atoms with Crippen LogP contribution in [0.15, 0.2) is 42.5 Å². The maximum atomic E-state index is 12.9. The number of amides is 3. The molecule has 154 valence electrons. The van der Waals surface area contributed by atoms with Crippen molar-refractivity contribution in [2.75, 3.05) is 25.5 Å². The molecular weight excluding hydrogens is 373 g/mol. The first-order chi connectivity index (χ1) is 14.0. The van der Waals surface area contributed by atoms with Crippen LogP contribution in [0.1, 0.15) is 24.0 Å². The zero-order valence-corrected chi connectivity index (χ0v) is 16.7. The topological polar surface area (TPSA) is 70.7 Å². The Bertz CT molecular complexity index is 862. The number of nitrogens with one attached hydrogen (secondary N) is 2. The first kappa shape index (κ1) is 20.6. The minimum atomic E-state index is -0.296. The molecule has 6 nitrogen and oxygen atoms in total. The number of rotatable bonds is 5. The molecule has 1 saturated heterocycles. The van der Waals surface area contributed by atoms with Gasteiger partial charge in [0, 0.05) is 31.2 Å². The number of anilines is 1. The van der Waals surface area contributed by atoms with Crippen molar-refractivity contribution in [2.45, 2.75) is 26.3 Å². The summed E-state index contributed by atoms with van der Waals surface area (Å²) in [4.78, 5) is 26.6. The molecule has 0 unspecified atom stereocenters. The molecule has 7 heteroatoms. The summed E-state index contributed by atoms with van der Waals surface area (Å²) >= 11 is 0. The average Bonchev–Trinajstić information content (AvgIpc) is 2.73. The molecule has 2 aromatic carbocycles. The maximum absolute atomic E-state index is 12.9. The fourth-order valence-electron chi connectivity index (χ4n) is 3.44. The Morgan fingerprint density at radius 2 is 1.83 bits per heavy atom. The van der Waals surface area contributed by atoms with E-state index in [1.54, 1.807) is 30.2 Å². The largest absolute Gasteiger partial charge is 0.496 e. The van der Waals surface area contributed by atoms with Crippen LogP contribution in [0.2, 0.25) is 0 Å². The smallest absolute Gasteiger partial charge is 0.321 e. The molecule has 1 fully saturated rings. The van der Waals surface area contributed by atoms with Crippen molar-refractivity contribution >= 4 is 17.6 Å². The highest BCUT2D eigenvalue weighted by atomic mass is 19.1. The van der Waals surface area contributed by atoms with E-state index in [4.69, 9.17) is 4.74 Å². The number of carbonyl (C=O) groups is 2. The summed E-state index contributed by atoms with van der Waals surface area (Å²) in [7, 11) is 1.61.